The van der Waals surface area contributed by atoms with E-state index in [-0.39, 0.29) is 5.84 Å². The number of nitrogens with two attached hydrogens (primary N) is 1. The molecular formula is C5H14N2. The van der Waals surface area contributed by atoms with E-state index in [1.165, 1.54) is 0 Å². The summed E-state index contributed by atoms with van der Waals surface area (Å²) in [5.74, 6) is 0.255. The average molecular weight is 102 g/mol. The molecule has 0 atom stereocenters. The second-order valence-electron chi connectivity index (χ2n) is 0.879. The minimum Gasteiger partial charge on any atom is -0.388 e. The lowest BCUT2D eigenvalue weighted by Crippen LogP contribution is -2.05. The highest BCUT2D eigenvalue weighted by Crippen LogP contribution is 1.64. The Morgan fingerprint density at radius 3 is 1.71 bits per heavy atom. The predicted octanol–water partition coefficient (Wildman–Crippen LogP) is 1.36. The molecule has 7 heavy (non-hydrogen) atoms. The van der Waals surface area contributed by atoms with Crippen LogP contribution in [0.5, 0.6) is 0 Å². The summed E-state index contributed by atoms with van der Waals surface area (Å²) in [6, 6.07) is 0. The second-order valence-corrected chi connectivity index (χ2v) is 0.879. The van der Waals surface area contributed by atoms with Gasteiger partial charge in [0.2, 0.25) is 0 Å². The molecule has 0 saturated carbocycles. The first-order chi connectivity index (χ1) is 3.27. The van der Waals surface area contributed by atoms with Crippen LogP contribution in [-0.4, -0.2) is 5.84 Å². The molecule has 0 bridgehead atoms. The largest absolute Gasteiger partial charge is 0.388 e. The fraction of sp³-hybridized carbons (Fsp3) is 0.800. The van der Waals surface area contributed by atoms with Crippen molar-refractivity contribution in [2.45, 2.75) is 27.2 Å². The predicted molar refractivity (Wildman–Crippen MR) is 33.6 cm³/mol. The third kappa shape index (κ3) is 30.5. The van der Waals surface area contributed by atoms with Crippen molar-refractivity contribution in [2.24, 2.45) is 5.73 Å². The maximum atomic E-state index is 6.52. The standard InChI is InChI=1S/C3H8N2.C2H6/c1-2-3(4)5;1-2/h2H2,1H3,(H3,4,5);1-2H3. The maximum absolute atomic E-state index is 6.52. The van der Waals surface area contributed by atoms with Gasteiger partial charge in [0.25, 0.3) is 0 Å². The molecule has 0 rings (SSSR count). The minimum atomic E-state index is 0.255. The number of amidine groups is 1. The lowest BCUT2D eigenvalue weighted by molar-refractivity contribution is 1.21. The van der Waals surface area contributed by atoms with Crippen molar-refractivity contribution < 1.29 is 0 Å². The van der Waals surface area contributed by atoms with E-state index in [1.54, 1.807) is 0 Å². The first-order valence-corrected chi connectivity index (χ1v) is 2.60. The molecule has 44 valence electrons. The van der Waals surface area contributed by atoms with Gasteiger partial charge in [0.05, 0.1) is 5.84 Å². The molecule has 0 aromatic rings. The minimum absolute atomic E-state index is 0.255. The third-order valence-electron chi connectivity index (χ3n) is 0.381. The zero-order valence-corrected chi connectivity index (χ0v) is 5.28. The Balaban J connectivity index is 0. The van der Waals surface area contributed by atoms with Crippen molar-refractivity contribution in [2.75, 3.05) is 0 Å². The highest BCUT2D eigenvalue weighted by atomic mass is 14.7. The number of hydrogen-bond acceptors (Lipinski definition) is 1. The quantitative estimate of drug-likeness (QED) is 0.381. The van der Waals surface area contributed by atoms with Crippen molar-refractivity contribution in [3.63, 3.8) is 0 Å². The molecule has 2 nitrogen and oxygen atoms in total. The fourth-order valence-corrected chi connectivity index (χ4v) is 0. The highest BCUT2D eigenvalue weighted by molar-refractivity contribution is 5.76. The highest BCUT2D eigenvalue weighted by Gasteiger charge is 1.70. The molecule has 0 aliphatic heterocycles. The summed E-state index contributed by atoms with van der Waals surface area (Å²) in [4.78, 5) is 0. The number of nitrogens with one attached hydrogen (secondary N) is 1. The smallest absolute Gasteiger partial charge is 0.0902 e. The molecule has 0 spiro atoms. The Morgan fingerprint density at radius 2 is 1.71 bits per heavy atom. The van der Waals surface area contributed by atoms with E-state index in [1.807, 2.05) is 20.8 Å². The van der Waals surface area contributed by atoms with Crippen LogP contribution in [0.2, 0.25) is 0 Å². The lowest BCUT2D eigenvalue weighted by atomic mass is 10.5. The third-order valence-corrected chi connectivity index (χ3v) is 0.381. The van der Waals surface area contributed by atoms with Gasteiger partial charge in [0.15, 0.2) is 0 Å². The molecule has 0 unspecified atom stereocenters. The van der Waals surface area contributed by atoms with Gasteiger partial charge in [-0.3, -0.25) is 5.41 Å². The Kier molecular flexibility index (Phi) is 12.6. The summed E-state index contributed by atoms with van der Waals surface area (Å²) in [5, 5.41) is 6.52. The molecule has 0 radical (unpaired) electrons. The van der Waals surface area contributed by atoms with Gasteiger partial charge in [-0.2, -0.15) is 0 Å². The van der Waals surface area contributed by atoms with Crippen LogP contribution in [-0.2, 0) is 0 Å². The van der Waals surface area contributed by atoms with Crippen LogP contribution in [0.3, 0.4) is 0 Å². The first kappa shape index (κ1) is 9.69. The summed E-state index contributed by atoms with van der Waals surface area (Å²) < 4.78 is 0. The Labute approximate surface area is 45.2 Å². The fourth-order valence-electron chi connectivity index (χ4n) is 0. The molecule has 0 aromatic heterocycles. The van der Waals surface area contributed by atoms with Gasteiger partial charge in [-0.1, -0.05) is 20.8 Å². The SMILES string of the molecule is CC.CCC(=N)N. The molecule has 2 heteroatoms. The van der Waals surface area contributed by atoms with Gasteiger partial charge in [-0.25, -0.2) is 0 Å². The van der Waals surface area contributed by atoms with Crippen LogP contribution in [0.1, 0.15) is 27.2 Å². The van der Waals surface area contributed by atoms with Gasteiger partial charge < -0.3 is 5.73 Å². The van der Waals surface area contributed by atoms with E-state index < -0.39 is 0 Å². The summed E-state index contributed by atoms with van der Waals surface area (Å²) in [5.41, 5.74) is 4.88. The average Bonchev–Trinajstić information content (AvgIpc) is 1.73. The van der Waals surface area contributed by atoms with Gasteiger partial charge in [0, 0.05) is 6.42 Å². The Hall–Kier alpha value is -0.530. The molecule has 0 fully saturated rings. The molecule has 0 amide bonds. The van der Waals surface area contributed by atoms with Gasteiger partial charge >= 0.3 is 0 Å². The van der Waals surface area contributed by atoms with Crippen molar-refractivity contribution >= 4 is 5.84 Å². The number of rotatable bonds is 1. The molecule has 0 heterocycles. The Morgan fingerprint density at radius 1 is 1.57 bits per heavy atom. The van der Waals surface area contributed by atoms with Crippen molar-refractivity contribution in [3.8, 4) is 0 Å². The van der Waals surface area contributed by atoms with Crippen molar-refractivity contribution in [3.05, 3.63) is 0 Å². The topological polar surface area (TPSA) is 49.9 Å². The number of hydrogen-bond donors (Lipinski definition) is 2. The molecule has 0 aliphatic carbocycles. The lowest BCUT2D eigenvalue weighted by Gasteiger charge is -1.79. The summed E-state index contributed by atoms with van der Waals surface area (Å²) in [6.45, 7) is 5.85. The van der Waals surface area contributed by atoms with E-state index in [0.29, 0.717) is 6.42 Å². The Bertz CT molecular complexity index is 41.3. The summed E-state index contributed by atoms with van der Waals surface area (Å²) >= 11 is 0. The second kappa shape index (κ2) is 9.08. The van der Waals surface area contributed by atoms with Crippen LogP contribution in [0.25, 0.3) is 0 Å². The van der Waals surface area contributed by atoms with Gasteiger partial charge in [0.1, 0.15) is 0 Å². The van der Waals surface area contributed by atoms with Crippen LogP contribution < -0.4 is 5.73 Å². The maximum Gasteiger partial charge on any atom is 0.0902 e. The van der Waals surface area contributed by atoms with Gasteiger partial charge in [-0.05, 0) is 0 Å². The zero-order valence-electron chi connectivity index (χ0n) is 5.28. The molecule has 0 aromatic carbocycles. The normalized spacial score (nSPS) is 6.14. The molecule has 0 aliphatic rings. The molecule has 0 saturated heterocycles. The van der Waals surface area contributed by atoms with Crippen LogP contribution >= 0.6 is 0 Å². The van der Waals surface area contributed by atoms with Crippen LogP contribution in [0.15, 0.2) is 0 Å². The van der Waals surface area contributed by atoms with E-state index in [0.717, 1.165) is 0 Å². The molecular weight excluding hydrogens is 88.1 g/mol. The monoisotopic (exact) mass is 102 g/mol. The molecule has 3 N–H and O–H groups in total. The van der Waals surface area contributed by atoms with E-state index in [2.05, 4.69) is 0 Å². The van der Waals surface area contributed by atoms with E-state index in [4.69, 9.17) is 11.1 Å². The summed E-state index contributed by atoms with van der Waals surface area (Å²) in [7, 11) is 0. The van der Waals surface area contributed by atoms with Crippen LogP contribution in [0, 0.1) is 5.41 Å². The van der Waals surface area contributed by atoms with E-state index in [9.17, 15) is 0 Å². The van der Waals surface area contributed by atoms with Crippen molar-refractivity contribution in [1.29, 1.82) is 5.41 Å². The van der Waals surface area contributed by atoms with E-state index >= 15 is 0 Å². The van der Waals surface area contributed by atoms with Crippen LogP contribution in [0.4, 0.5) is 0 Å². The first-order valence-electron chi connectivity index (χ1n) is 2.60. The van der Waals surface area contributed by atoms with Crippen molar-refractivity contribution in [1.82, 2.24) is 0 Å². The van der Waals surface area contributed by atoms with Gasteiger partial charge in [-0.15, -0.1) is 0 Å². The summed E-state index contributed by atoms with van der Waals surface area (Å²) in [6.07, 6.45) is 0.667. The zero-order chi connectivity index (χ0) is 6.28.